The zero-order chi connectivity index (χ0) is 15.1. The van der Waals surface area contributed by atoms with Gasteiger partial charge in [-0.3, -0.25) is 0 Å². The van der Waals surface area contributed by atoms with Gasteiger partial charge >= 0.3 is 0 Å². The van der Waals surface area contributed by atoms with Gasteiger partial charge in [0, 0.05) is 6.04 Å². The third kappa shape index (κ3) is 4.16. The van der Waals surface area contributed by atoms with Crippen LogP contribution < -0.4 is 5.32 Å². The smallest absolute Gasteiger partial charge is 0.0626 e. The highest BCUT2D eigenvalue weighted by Gasteiger charge is 2.16. The highest BCUT2D eigenvalue weighted by molar-refractivity contribution is 5.26. The zero-order valence-corrected chi connectivity index (χ0v) is 12.9. The van der Waals surface area contributed by atoms with E-state index in [1.165, 1.54) is 11.1 Å². The monoisotopic (exact) mass is 283 g/mol. The van der Waals surface area contributed by atoms with E-state index in [4.69, 9.17) is 0 Å². The Balaban J connectivity index is 2.13. The summed E-state index contributed by atoms with van der Waals surface area (Å²) in [6.45, 7) is 4.44. The molecule has 2 aromatic carbocycles. The van der Waals surface area contributed by atoms with E-state index in [1.807, 2.05) is 18.2 Å². The van der Waals surface area contributed by atoms with Crippen molar-refractivity contribution in [3.63, 3.8) is 0 Å². The average molecular weight is 283 g/mol. The first-order valence-electron chi connectivity index (χ1n) is 7.79. The van der Waals surface area contributed by atoms with Crippen LogP contribution in [0.15, 0.2) is 54.6 Å². The molecule has 0 aliphatic rings. The standard InChI is InChI=1S/C19H25NO/c1-3-15-10-12-17(13-11-15)18(4-2)20-19(14-21)16-8-6-5-7-9-16/h5-13,18-21H,3-4,14H2,1-2H3/t18?,19-/m1/s1. The first-order chi connectivity index (χ1) is 10.3. The van der Waals surface area contributed by atoms with Crippen molar-refractivity contribution >= 4 is 0 Å². The fraction of sp³-hybridized carbons (Fsp3) is 0.368. The van der Waals surface area contributed by atoms with Crippen molar-refractivity contribution in [2.45, 2.75) is 38.8 Å². The third-order valence-electron chi connectivity index (χ3n) is 3.99. The maximum Gasteiger partial charge on any atom is 0.0626 e. The Morgan fingerprint density at radius 1 is 0.857 bits per heavy atom. The molecule has 2 atom stereocenters. The van der Waals surface area contributed by atoms with Crippen LogP contribution in [0.2, 0.25) is 0 Å². The molecule has 2 rings (SSSR count). The molecule has 2 N–H and O–H groups in total. The zero-order valence-electron chi connectivity index (χ0n) is 12.9. The Kier molecular flexibility index (Phi) is 5.97. The second kappa shape index (κ2) is 7.96. The first kappa shape index (κ1) is 15.7. The molecule has 1 unspecified atom stereocenters. The van der Waals surface area contributed by atoms with Crippen molar-refractivity contribution in [3.8, 4) is 0 Å². The minimum absolute atomic E-state index is 0.0259. The molecule has 0 aromatic heterocycles. The fourth-order valence-electron chi connectivity index (χ4n) is 2.62. The number of hydrogen-bond donors (Lipinski definition) is 2. The van der Waals surface area contributed by atoms with E-state index in [9.17, 15) is 5.11 Å². The van der Waals surface area contributed by atoms with Crippen LogP contribution in [0.4, 0.5) is 0 Å². The minimum Gasteiger partial charge on any atom is -0.394 e. The van der Waals surface area contributed by atoms with E-state index >= 15 is 0 Å². The molecule has 2 heteroatoms. The molecular formula is C19H25NO. The molecule has 2 nitrogen and oxygen atoms in total. The number of aryl methyl sites for hydroxylation is 1. The summed E-state index contributed by atoms with van der Waals surface area (Å²) < 4.78 is 0. The number of aliphatic hydroxyl groups is 1. The lowest BCUT2D eigenvalue weighted by molar-refractivity contribution is 0.232. The van der Waals surface area contributed by atoms with Crippen molar-refractivity contribution < 1.29 is 5.11 Å². The van der Waals surface area contributed by atoms with Gasteiger partial charge in [0.1, 0.15) is 0 Å². The molecule has 0 spiro atoms. The highest BCUT2D eigenvalue weighted by atomic mass is 16.3. The van der Waals surface area contributed by atoms with Crippen LogP contribution in [0, 0.1) is 0 Å². The quantitative estimate of drug-likeness (QED) is 0.804. The highest BCUT2D eigenvalue weighted by Crippen LogP contribution is 2.22. The lowest BCUT2D eigenvalue weighted by Gasteiger charge is -2.24. The van der Waals surface area contributed by atoms with Crippen LogP contribution in [0.1, 0.15) is 49.0 Å². The molecule has 112 valence electrons. The van der Waals surface area contributed by atoms with Crippen LogP contribution in [-0.4, -0.2) is 11.7 Å². The molecule has 2 aromatic rings. The summed E-state index contributed by atoms with van der Waals surface area (Å²) in [6.07, 6.45) is 2.06. The Labute approximate surface area is 127 Å². The number of rotatable bonds is 7. The van der Waals surface area contributed by atoms with E-state index in [1.54, 1.807) is 0 Å². The van der Waals surface area contributed by atoms with Gasteiger partial charge in [-0.15, -0.1) is 0 Å². The Bertz CT molecular complexity index is 521. The summed E-state index contributed by atoms with van der Waals surface area (Å²) in [4.78, 5) is 0. The van der Waals surface area contributed by atoms with Gasteiger partial charge in [0.2, 0.25) is 0 Å². The molecule has 0 bridgehead atoms. The second-order valence-corrected chi connectivity index (χ2v) is 5.37. The van der Waals surface area contributed by atoms with Crippen LogP contribution in [0.25, 0.3) is 0 Å². The van der Waals surface area contributed by atoms with Gasteiger partial charge in [0.05, 0.1) is 12.6 Å². The van der Waals surface area contributed by atoms with Gasteiger partial charge in [0.25, 0.3) is 0 Å². The summed E-state index contributed by atoms with van der Waals surface area (Å²) in [5.74, 6) is 0. The lowest BCUT2D eigenvalue weighted by Crippen LogP contribution is -2.28. The summed E-state index contributed by atoms with van der Waals surface area (Å²) >= 11 is 0. The fourth-order valence-corrected chi connectivity index (χ4v) is 2.62. The van der Waals surface area contributed by atoms with E-state index < -0.39 is 0 Å². The number of nitrogens with one attached hydrogen (secondary N) is 1. The minimum atomic E-state index is -0.0259. The predicted molar refractivity (Wildman–Crippen MR) is 88.3 cm³/mol. The summed E-state index contributed by atoms with van der Waals surface area (Å²) in [5, 5.41) is 13.3. The summed E-state index contributed by atoms with van der Waals surface area (Å²) in [7, 11) is 0. The lowest BCUT2D eigenvalue weighted by atomic mass is 9.99. The number of aliphatic hydroxyl groups excluding tert-OH is 1. The maximum atomic E-state index is 9.69. The normalized spacial score (nSPS) is 13.9. The number of benzene rings is 2. The Hall–Kier alpha value is -1.64. The largest absolute Gasteiger partial charge is 0.394 e. The second-order valence-electron chi connectivity index (χ2n) is 5.37. The van der Waals surface area contributed by atoms with Crippen molar-refractivity contribution in [1.82, 2.24) is 5.32 Å². The van der Waals surface area contributed by atoms with Crippen LogP contribution in [-0.2, 0) is 6.42 Å². The molecule has 0 saturated carbocycles. The Morgan fingerprint density at radius 2 is 1.48 bits per heavy atom. The van der Waals surface area contributed by atoms with Crippen molar-refractivity contribution in [1.29, 1.82) is 0 Å². The van der Waals surface area contributed by atoms with Crippen molar-refractivity contribution in [3.05, 3.63) is 71.3 Å². The topological polar surface area (TPSA) is 32.3 Å². The Morgan fingerprint density at radius 3 is 2.00 bits per heavy atom. The van der Waals surface area contributed by atoms with Crippen LogP contribution in [0.5, 0.6) is 0 Å². The van der Waals surface area contributed by atoms with Gasteiger partial charge < -0.3 is 10.4 Å². The van der Waals surface area contributed by atoms with Crippen LogP contribution in [0.3, 0.4) is 0 Å². The molecule has 0 radical (unpaired) electrons. The van der Waals surface area contributed by atoms with E-state index in [0.717, 1.165) is 18.4 Å². The molecular weight excluding hydrogens is 258 g/mol. The molecule has 0 aliphatic carbocycles. The van der Waals surface area contributed by atoms with Gasteiger partial charge in [-0.1, -0.05) is 68.4 Å². The molecule has 0 amide bonds. The SMILES string of the molecule is CCc1ccc(C(CC)N[C@H](CO)c2ccccc2)cc1. The van der Waals surface area contributed by atoms with Gasteiger partial charge in [-0.05, 0) is 29.5 Å². The van der Waals surface area contributed by atoms with Gasteiger partial charge in [-0.2, -0.15) is 0 Å². The molecule has 0 fully saturated rings. The maximum absolute atomic E-state index is 9.69. The summed E-state index contributed by atoms with van der Waals surface area (Å²) in [6, 6.07) is 19.1. The predicted octanol–water partition coefficient (Wildman–Crippen LogP) is 4.02. The summed E-state index contributed by atoms with van der Waals surface area (Å²) in [5.41, 5.74) is 3.77. The molecule has 21 heavy (non-hydrogen) atoms. The van der Waals surface area contributed by atoms with Crippen molar-refractivity contribution in [2.75, 3.05) is 6.61 Å². The van der Waals surface area contributed by atoms with Gasteiger partial charge in [0.15, 0.2) is 0 Å². The van der Waals surface area contributed by atoms with E-state index in [0.29, 0.717) is 0 Å². The first-order valence-corrected chi connectivity index (χ1v) is 7.79. The third-order valence-corrected chi connectivity index (χ3v) is 3.99. The van der Waals surface area contributed by atoms with E-state index in [-0.39, 0.29) is 18.7 Å². The molecule has 0 saturated heterocycles. The van der Waals surface area contributed by atoms with Gasteiger partial charge in [-0.25, -0.2) is 0 Å². The van der Waals surface area contributed by atoms with E-state index in [2.05, 4.69) is 55.6 Å². The molecule has 0 heterocycles. The number of hydrogen-bond acceptors (Lipinski definition) is 2. The molecule has 0 aliphatic heterocycles. The average Bonchev–Trinajstić information content (AvgIpc) is 2.57. The van der Waals surface area contributed by atoms with Crippen LogP contribution >= 0.6 is 0 Å². The van der Waals surface area contributed by atoms with Crippen molar-refractivity contribution in [2.24, 2.45) is 0 Å².